The van der Waals surface area contributed by atoms with Crippen LogP contribution in [0, 0.1) is 0 Å². The maximum absolute atomic E-state index is 13.1. The van der Waals surface area contributed by atoms with E-state index in [1.54, 1.807) is 18.2 Å². The van der Waals surface area contributed by atoms with Gasteiger partial charge in [-0.15, -0.1) is 0 Å². The van der Waals surface area contributed by atoms with Crippen molar-refractivity contribution in [1.82, 2.24) is 15.6 Å². The Morgan fingerprint density at radius 1 is 1.15 bits per heavy atom. The van der Waals surface area contributed by atoms with Gasteiger partial charge in [-0.1, -0.05) is 13.0 Å². The molecule has 0 spiro atoms. The number of piperazine rings is 1. The minimum atomic E-state index is -3.80. The number of sulfonamides is 1. The Balaban J connectivity index is 1.63. The average Bonchev–Trinajstić information content (AvgIpc) is 2.83. The monoisotopic (exact) mass is 471 g/mol. The highest BCUT2D eigenvalue weighted by atomic mass is 32.2. The Morgan fingerprint density at radius 2 is 1.88 bits per heavy atom. The molecular formula is C24H33N5O3S. The van der Waals surface area contributed by atoms with Crippen molar-refractivity contribution < 1.29 is 13.2 Å². The average molecular weight is 472 g/mol. The number of aromatic nitrogens is 1. The topological polar surface area (TPSA) is 103 Å². The second-order valence-electron chi connectivity index (χ2n) is 8.86. The normalized spacial score (nSPS) is 17.2. The van der Waals surface area contributed by atoms with Crippen LogP contribution in [0.25, 0.3) is 0 Å². The molecule has 1 aromatic carbocycles. The van der Waals surface area contributed by atoms with Gasteiger partial charge < -0.3 is 15.5 Å². The Kier molecular flexibility index (Phi) is 7.19. The first-order chi connectivity index (χ1) is 15.9. The number of carbonyl (C=O) groups is 1. The van der Waals surface area contributed by atoms with Crippen molar-refractivity contribution in [2.24, 2.45) is 0 Å². The molecule has 0 radical (unpaired) electrons. The first-order valence-corrected chi connectivity index (χ1v) is 13.3. The van der Waals surface area contributed by atoms with Crippen molar-refractivity contribution >= 4 is 27.4 Å². The smallest absolute Gasteiger partial charge is 0.261 e. The predicted octanol–water partition coefficient (Wildman–Crippen LogP) is 2.70. The summed E-state index contributed by atoms with van der Waals surface area (Å²) in [5, 5.41) is 6.28. The molecule has 1 fully saturated rings. The molecular weight excluding hydrogens is 438 g/mol. The van der Waals surface area contributed by atoms with Crippen molar-refractivity contribution in [2.75, 3.05) is 35.8 Å². The number of pyridine rings is 1. The minimum Gasteiger partial charge on any atom is -0.353 e. The molecule has 1 aliphatic heterocycles. The van der Waals surface area contributed by atoms with Crippen molar-refractivity contribution in [3.63, 3.8) is 0 Å². The molecule has 178 valence electrons. The van der Waals surface area contributed by atoms with Gasteiger partial charge in [0.2, 0.25) is 0 Å². The van der Waals surface area contributed by atoms with Gasteiger partial charge in [0, 0.05) is 32.2 Å². The van der Waals surface area contributed by atoms with Gasteiger partial charge in [0.25, 0.3) is 15.9 Å². The number of amides is 1. The number of carbonyl (C=O) groups excluding carboxylic acids is 1. The fourth-order valence-electron chi connectivity index (χ4n) is 4.30. The molecule has 2 heterocycles. The van der Waals surface area contributed by atoms with E-state index in [-0.39, 0.29) is 22.5 Å². The van der Waals surface area contributed by atoms with E-state index in [0.717, 1.165) is 63.8 Å². The number of fused-ring (bicyclic) bond motifs is 1. The van der Waals surface area contributed by atoms with Gasteiger partial charge in [0.05, 0.1) is 22.3 Å². The number of aryl methyl sites for hydroxylation is 2. The van der Waals surface area contributed by atoms with Crippen LogP contribution in [0.2, 0.25) is 0 Å². The molecule has 2 aliphatic rings. The molecule has 9 heteroatoms. The first-order valence-electron chi connectivity index (χ1n) is 11.8. The molecule has 1 amide bonds. The van der Waals surface area contributed by atoms with Gasteiger partial charge in [-0.05, 0) is 68.4 Å². The summed E-state index contributed by atoms with van der Waals surface area (Å²) >= 11 is 0. The Labute approximate surface area is 196 Å². The molecule has 2 aromatic rings. The molecule has 0 saturated carbocycles. The summed E-state index contributed by atoms with van der Waals surface area (Å²) in [4.78, 5) is 19.9. The van der Waals surface area contributed by atoms with Crippen LogP contribution in [0.15, 0.2) is 35.4 Å². The van der Waals surface area contributed by atoms with Crippen LogP contribution < -0.4 is 20.3 Å². The van der Waals surface area contributed by atoms with E-state index in [2.05, 4.69) is 25.2 Å². The number of anilines is 2. The van der Waals surface area contributed by atoms with Crippen molar-refractivity contribution in [3.05, 3.63) is 47.2 Å². The zero-order chi connectivity index (χ0) is 23.4. The van der Waals surface area contributed by atoms with Crippen LogP contribution in [0.4, 0.5) is 11.5 Å². The van der Waals surface area contributed by atoms with Crippen LogP contribution >= 0.6 is 0 Å². The predicted molar refractivity (Wildman–Crippen MR) is 130 cm³/mol. The first kappa shape index (κ1) is 23.5. The summed E-state index contributed by atoms with van der Waals surface area (Å²) in [6.07, 6.45) is 6.41. The lowest BCUT2D eigenvalue weighted by atomic mass is 9.92. The van der Waals surface area contributed by atoms with Crippen LogP contribution in [0.3, 0.4) is 0 Å². The van der Waals surface area contributed by atoms with Gasteiger partial charge >= 0.3 is 0 Å². The number of benzene rings is 1. The maximum atomic E-state index is 13.1. The Morgan fingerprint density at radius 3 is 2.61 bits per heavy atom. The van der Waals surface area contributed by atoms with E-state index in [0.29, 0.717) is 11.4 Å². The van der Waals surface area contributed by atoms with Crippen LogP contribution in [-0.4, -0.2) is 51.5 Å². The standard InChI is InChI=1S/C24H33N5O3S/c1-3-17(2)27-24(30)22-15-20(16-26-23(22)29-12-10-25-11-13-29)28-33(31,32)21-9-8-18-6-4-5-7-19(18)14-21/h8-9,14-17,25,28H,3-7,10-13H2,1-2H3,(H,27,30)/t17-/m0/s1. The number of hydrogen-bond acceptors (Lipinski definition) is 6. The molecule has 4 rings (SSSR count). The van der Waals surface area contributed by atoms with Gasteiger partial charge in [-0.3, -0.25) is 9.52 Å². The van der Waals surface area contributed by atoms with E-state index >= 15 is 0 Å². The lowest BCUT2D eigenvalue weighted by molar-refractivity contribution is 0.0939. The number of rotatable bonds is 7. The molecule has 8 nitrogen and oxygen atoms in total. The van der Waals surface area contributed by atoms with Gasteiger partial charge in [-0.25, -0.2) is 13.4 Å². The van der Waals surface area contributed by atoms with E-state index in [1.807, 2.05) is 19.9 Å². The second kappa shape index (κ2) is 10.1. The number of hydrogen-bond donors (Lipinski definition) is 3. The van der Waals surface area contributed by atoms with E-state index in [4.69, 9.17) is 0 Å². The lowest BCUT2D eigenvalue weighted by Gasteiger charge is -2.30. The van der Waals surface area contributed by atoms with Gasteiger partial charge in [-0.2, -0.15) is 0 Å². The molecule has 1 atom stereocenters. The summed E-state index contributed by atoms with van der Waals surface area (Å²) in [6.45, 7) is 7.03. The molecule has 3 N–H and O–H groups in total. The fraction of sp³-hybridized carbons (Fsp3) is 0.500. The third kappa shape index (κ3) is 5.47. The molecule has 33 heavy (non-hydrogen) atoms. The highest BCUT2D eigenvalue weighted by Gasteiger charge is 2.23. The second-order valence-corrected chi connectivity index (χ2v) is 10.5. The third-order valence-corrected chi connectivity index (χ3v) is 7.78. The molecule has 1 aliphatic carbocycles. The summed E-state index contributed by atoms with van der Waals surface area (Å²) in [5.74, 6) is 0.328. The molecule has 0 unspecified atom stereocenters. The van der Waals surface area contributed by atoms with Crippen molar-refractivity contribution in [2.45, 2.75) is 56.9 Å². The lowest BCUT2D eigenvalue weighted by Crippen LogP contribution is -2.45. The van der Waals surface area contributed by atoms with Crippen molar-refractivity contribution in [1.29, 1.82) is 0 Å². The SMILES string of the molecule is CC[C@H](C)NC(=O)c1cc(NS(=O)(=O)c2ccc3c(c2)CCCC3)cnc1N1CCNCC1. The minimum absolute atomic E-state index is 0.00390. The van der Waals surface area contributed by atoms with E-state index in [9.17, 15) is 13.2 Å². The zero-order valence-corrected chi connectivity index (χ0v) is 20.2. The van der Waals surface area contributed by atoms with Gasteiger partial charge in [0.15, 0.2) is 0 Å². The molecule has 0 bridgehead atoms. The van der Waals surface area contributed by atoms with E-state index in [1.165, 1.54) is 11.8 Å². The third-order valence-electron chi connectivity index (χ3n) is 6.40. The highest BCUT2D eigenvalue weighted by Crippen LogP contribution is 2.27. The fourth-order valence-corrected chi connectivity index (χ4v) is 5.39. The zero-order valence-electron chi connectivity index (χ0n) is 19.4. The number of nitrogens with zero attached hydrogens (tertiary/aromatic N) is 2. The summed E-state index contributed by atoms with van der Waals surface area (Å²) in [6, 6.07) is 6.95. The van der Waals surface area contributed by atoms with E-state index < -0.39 is 10.0 Å². The summed E-state index contributed by atoms with van der Waals surface area (Å²) in [7, 11) is -3.80. The van der Waals surface area contributed by atoms with Crippen molar-refractivity contribution in [3.8, 4) is 0 Å². The van der Waals surface area contributed by atoms with Crippen LogP contribution in [0.1, 0.15) is 54.6 Å². The number of nitrogens with one attached hydrogen (secondary N) is 3. The molecule has 1 aromatic heterocycles. The van der Waals surface area contributed by atoms with Crippen LogP contribution in [0.5, 0.6) is 0 Å². The maximum Gasteiger partial charge on any atom is 0.261 e. The van der Waals surface area contributed by atoms with Gasteiger partial charge in [0.1, 0.15) is 5.82 Å². The Bertz CT molecular complexity index is 1110. The quantitative estimate of drug-likeness (QED) is 0.574. The summed E-state index contributed by atoms with van der Waals surface area (Å²) in [5.41, 5.74) is 2.99. The molecule has 1 saturated heterocycles. The highest BCUT2D eigenvalue weighted by molar-refractivity contribution is 7.92. The summed E-state index contributed by atoms with van der Waals surface area (Å²) < 4.78 is 28.9. The van der Waals surface area contributed by atoms with Crippen LogP contribution in [-0.2, 0) is 22.9 Å². The Hall–Kier alpha value is -2.65. The largest absolute Gasteiger partial charge is 0.353 e.